The Morgan fingerprint density at radius 1 is 0.387 bits per heavy atom. The minimum atomic E-state index is -3.67. The molecule has 0 bridgehead atoms. The molecule has 10 heteroatoms. The normalized spacial score (nSPS) is 11.8. The van der Waals surface area contributed by atoms with Gasteiger partial charge in [-0.1, -0.05) is 133 Å². The van der Waals surface area contributed by atoms with Gasteiger partial charge in [0.15, 0.2) is 0 Å². The third-order valence-electron chi connectivity index (χ3n) is 11.3. The number of carbonyl (C=O) groups is 2. The van der Waals surface area contributed by atoms with E-state index in [-0.39, 0.29) is 24.3 Å². The summed E-state index contributed by atoms with van der Waals surface area (Å²) in [7, 11) is -7.34. The Balaban J connectivity index is 0.970. The molecule has 0 spiro atoms. The minimum absolute atomic E-state index is 0.283. The highest BCUT2D eigenvalue weighted by Gasteiger charge is 2.40. The first kappa shape index (κ1) is 46.5. The van der Waals surface area contributed by atoms with Crippen molar-refractivity contribution in [2.75, 3.05) is 39.6 Å². The van der Waals surface area contributed by atoms with Crippen molar-refractivity contribution in [3.05, 3.63) is 189 Å². The lowest BCUT2D eigenvalue weighted by Crippen LogP contribution is -2.24. The molecule has 0 aliphatic carbocycles. The molecule has 6 aromatic carbocycles. The maximum atomic E-state index is 14.9. The van der Waals surface area contributed by atoms with Gasteiger partial charge in [0.25, 0.3) is 0 Å². The van der Waals surface area contributed by atoms with Crippen LogP contribution in [0.1, 0.15) is 65.2 Å². The van der Waals surface area contributed by atoms with Gasteiger partial charge in [-0.25, -0.2) is 0 Å². The standard InChI is InChI=1S/C52H56O8P2/c1-37-33-39(3)49(51(53)61(55,43-19-11-7-12-20-43)44-21-13-8-14-22-44)41(5)47(37)35-59-31-29-57-27-28-58-30-32-60-36-48-38(2)34-40(4)50(42(48)6)52(54)62(56,45-23-15-9-16-24-45)46-25-17-10-18-26-46/h7-26,33-34H,27-32,35-36H2,1-6H3. The van der Waals surface area contributed by atoms with Gasteiger partial charge in [0, 0.05) is 32.3 Å². The molecule has 0 radical (unpaired) electrons. The maximum absolute atomic E-state index is 14.9. The summed E-state index contributed by atoms with van der Waals surface area (Å²) in [5, 5.41) is 2.04. The zero-order chi connectivity index (χ0) is 44.3. The fourth-order valence-electron chi connectivity index (χ4n) is 8.10. The van der Waals surface area contributed by atoms with Gasteiger partial charge < -0.3 is 28.1 Å². The lowest BCUT2D eigenvalue weighted by Gasteiger charge is -2.22. The van der Waals surface area contributed by atoms with E-state index in [1.54, 1.807) is 48.5 Å². The second-order valence-electron chi connectivity index (χ2n) is 15.5. The molecule has 0 aromatic heterocycles. The summed E-state index contributed by atoms with van der Waals surface area (Å²) in [5.74, 6) is 0. The van der Waals surface area contributed by atoms with E-state index in [4.69, 9.17) is 18.9 Å². The Morgan fingerprint density at radius 3 is 0.919 bits per heavy atom. The van der Waals surface area contributed by atoms with Gasteiger partial charge in [-0.15, -0.1) is 0 Å². The SMILES string of the molecule is Cc1cc(C)c(C(=O)P(=O)(c2ccccc2)c2ccccc2)c(C)c1COCCOCCOCCOCc1c(C)cc(C)c(C(=O)P(=O)(c2ccccc2)c2ccccc2)c1C. The molecule has 0 atom stereocenters. The van der Waals surface area contributed by atoms with Crippen molar-refractivity contribution in [3.8, 4) is 0 Å². The lowest BCUT2D eigenvalue weighted by molar-refractivity contribution is -0.00636. The van der Waals surface area contributed by atoms with Gasteiger partial charge in [-0.2, -0.15) is 0 Å². The first-order chi connectivity index (χ1) is 29.9. The number of ether oxygens (including phenoxy) is 4. The summed E-state index contributed by atoms with van der Waals surface area (Å²) in [6, 6.07) is 40.0. The van der Waals surface area contributed by atoms with Gasteiger partial charge in [0.2, 0.25) is 25.3 Å². The molecule has 0 saturated carbocycles. The summed E-state index contributed by atoms with van der Waals surface area (Å²) in [6.07, 6.45) is 0. The van der Waals surface area contributed by atoms with Crippen molar-refractivity contribution in [2.24, 2.45) is 0 Å². The largest absolute Gasteiger partial charge is 0.377 e. The molecule has 0 saturated heterocycles. The van der Waals surface area contributed by atoms with Crippen LogP contribution >= 0.6 is 14.3 Å². The van der Waals surface area contributed by atoms with Gasteiger partial charge in [0.1, 0.15) is 0 Å². The molecule has 322 valence electrons. The van der Waals surface area contributed by atoms with Crippen LogP contribution in [-0.4, -0.2) is 50.7 Å². The van der Waals surface area contributed by atoms with Gasteiger partial charge in [0.05, 0.1) is 52.9 Å². The quantitative estimate of drug-likeness (QED) is 0.0521. The minimum Gasteiger partial charge on any atom is -0.377 e. The Hall–Kier alpha value is -5.04. The lowest BCUT2D eigenvalue weighted by atomic mass is 9.94. The first-order valence-corrected chi connectivity index (χ1v) is 24.3. The van der Waals surface area contributed by atoms with E-state index in [0.29, 0.717) is 72.0 Å². The van der Waals surface area contributed by atoms with Crippen LogP contribution in [0.25, 0.3) is 0 Å². The monoisotopic (exact) mass is 870 g/mol. The fraction of sp³-hybridized carbons (Fsp3) is 0.269. The third-order valence-corrected chi connectivity index (χ3v) is 17.0. The van der Waals surface area contributed by atoms with Gasteiger partial charge in [-0.3, -0.25) is 9.59 Å². The summed E-state index contributed by atoms with van der Waals surface area (Å²) >= 11 is 0. The van der Waals surface area contributed by atoms with Crippen molar-refractivity contribution in [3.63, 3.8) is 0 Å². The summed E-state index contributed by atoms with van der Waals surface area (Å²) in [6.45, 7) is 14.3. The van der Waals surface area contributed by atoms with Gasteiger partial charge in [-0.05, 0) is 86.1 Å². The molecule has 0 aliphatic rings. The van der Waals surface area contributed by atoms with Crippen molar-refractivity contribution in [1.82, 2.24) is 0 Å². The second kappa shape index (κ2) is 21.4. The van der Waals surface area contributed by atoms with E-state index in [2.05, 4.69) is 0 Å². The Morgan fingerprint density at radius 2 is 0.645 bits per heavy atom. The van der Waals surface area contributed by atoms with Gasteiger partial charge >= 0.3 is 0 Å². The van der Waals surface area contributed by atoms with E-state index < -0.39 is 14.3 Å². The van der Waals surface area contributed by atoms with Crippen molar-refractivity contribution >= 4 is 46.6 Å². The van der Waals surface area contributed by atoms with Crippen LogP contribution in [-0.2, 0) is 41.3 Å². The third kappa shape index (κ3) is 10.1. The molecule has 62 heavy (non-hydrogen) atoms. The fourth-order valence-corrected chi connectivity index (χ4v) is 13.3. The highest BCUT2D eigenvalue weighted by Crippen LogP contribution is 2.49. The average Bonchev–Trinajstić information content (AvgIpc) is 3.28. The maximum Gasteiger partial charge on any atom is 0.230 e. The van der Waals surface area contributed by atoms with Crippen LogP contribution in [0, 0.1) is 41.5 Å². The number of hydrogen-bond acceptors (Lipinski definition) is 8. The van der Waals surface area contributed by atoms with Crippen molar-refractivity contribution < 1.29 is 37.7 Å². The number of carbonyl (C=O) groups excluding carboxylic acids is 2. The van der Waals surface area contributed by atoms with Crippen LogP contribution in [0.2, 0.25) is 0 Å². The smallest absolute Gasteiger partial charge is 0.230 e. The average molecular weight is 871 g/mol. The van der Waals surface area contributed by atoms with Crippen LogP contribution in [0.15, 0.2) is 133 Å². The van der Waals surface area contributed by atoms with Crippen molar-refractivity contribution in [1.29, 1.82) is 0 Å². The summed E-state index contributed by atoms with van der Waals surface area (Å²) < 4.78 is 53.3. The first-order valence-electron chi connectivity index (χ1n) is 20.9. The molecule has 0 aliphatic heterocycles. The number of hydrogen-bond donors (Lipinski definition) is 0. The molecule has 6 aromatic rings. The zero-order valence-corrected chi connectivity index (χ0v) is 38.3. The van der Waals surface area contributed by atoms with Crippen LogP contribution in [0.4, 0.5) is 0 Å². The van der Waals surface area contributed by atoms with Crippen LogP contribution in [0.3, 0.4) is 0 Å². The number of benzene rings is 6. The number of aryl methyl sites for hydroxylation is 4. The highest BCUT2D eigenvalue weighted by atomic mass is 31.2. The highest BCUT2D eigenvalue weighted by molar-refractivity contribution is 7.94. The topological polar surface area (TPSA) is 105 Å². The molecule has 0 fully saturated rings. The summed E-state index contributed by atoms with van der Waals surface area (Å²) in [5.41, 5.74) is 7.10. The Labute approximate surface area is 366 Å². The van der Waals surface area contributed by atoms with E-state index in [0.717, 1.165) is 44.5 Å². The Kier molecular flexibility index (Phi) is 16.0. The Bertz CT molecular complexity index is 2310. The van der Waals surface area contributed by atoms with Crippen molar-refractivity contribution in [2.45, 2.75) is 54.8 Å². The molecule has 0 N–H and O–H groups in total. The predicted molar refractivity (Wildman–Crippen MR) is 250 cm³/mol. The second-order valence-corrected chi connectivity index (χ2v) is 20.8. The molecule has 6 rings (SSSR count). The number of rotatable bonds is 21. The molecule has 0 heterocycles. The van der Waals surface area contributed by atoms with E-state index in [1.807, 2.05) is 126 Å². The summed E-state index contributed by atoms with van der Waals surface area (Å²) in [4.78, 5) is 28.8. The molecule has 0 amide bonds. The molecular weight excluding hydrogens is 815 g/mol. The zero-order valence-electron chi connectivity index (χ0n) is 36.5. The predicted octanol–water partition coefficient (Wildman–Crippen LogP) is 9.61. The van der Waals surface area contributed by atoms with Crippen LogP contribution < -0.4 is 21.2 Å². The van der Waals surface area contributed by atoms with E-state index in [1.165, 1.54) is 0 Å². The molecular formula is C52H56O8P2. The van der Waals surface area contributed by atoms with E-state index in [9.17, 15) is 18.7 Å². The molecule has 0 unspecified atom stereocenters. The molecule has 8 nitrogen and oxygen atoms in total. The van der Waals surface area contributed by atoms with Crippen LogP contribution in [0.5, 0.6) is 0 Å². The van der Waals surface area contributed by atoms with E-state index >= 15 is 0 Å².